The van der Waals surface area contributed by atoms with Crippen LogP contribution in [0, 0.1) is 11.7 Å². The van der Waals surface area contributed by atoms with Gasteiger partial charge in [-0.2, -0.15) is 0 Å². The van der Waals surface area contributed by atoms with E-state index >= 15 is 0 Å². The third-order valence-electron chi connectivity index (χ3n) is 4.51. The van der Waals surface area contributed by atoms with Gasteiger partial charge in [-0.1, -0.05) is 0 Å². The zero-order valence-electron chi connectivity index (χ0n) is 14.3. The number of nitrogens with zero attached hydrogens (tertiary/aromatic N) is 5. The lowest BCUT2D eigenvalue weighted by Crippen LogP contribution is -2.40. The molecule has 1 amide bonds. The molecule has 0 aliphatic carbocycles. The van der Waals surface area contributed by atoms with E-state index in [1.807, 2.05) is 11.9 Å². The van der Waals surface area contributed by atoms with Gasteiger partial charge in [0.25, 0.3) is 5.91 Å². The molecule has 1 aliphatic heterocycles. The Morgan fingerprint density at radius 1 is 1.40 bits per heavy atom. The van der Waals surface area contributed by atoms with Crippen molar-refractivity contribution >= 4 is 27.7 Å². The molecule has 0 bridgehead atoms. The van der Waals surface area contributed by atoms with Crippen molar-refractivity contribution in [1.29, 1.82) is 0 Å². The van der Waals surface area contributed by atoms with E-state index in [2.05, 4.69) is 25.9 Å². The largest absolute Gasteiger partial charge is 0.354 e. The monoisotopic (exact) mass is 409 g/mol. The molecule has 25 heavy (non-hydrogen) atoms. The van der Waals surface area contributed by atoms with Crippen LogP contribution in [0.2, 0.25) is 0 Å². The van der Waals surface area contributed by atoms with Crippen molar-refractivity contribution in [1.82, 2.24) is 19.4 Å². The van der Waals surface area contributed by atoms with Crippen molar-refractivity contribution in [2.75, 3.05) is 31.6 Å². The molecule has 1 aliphatic rings. The van der Waals surface area contributed by atoms with Crippen LogP contribution in [0.5, 0.6) is 0 Å². The van der Waals surface area contributed by atoms with Crippen molar-refractivity contribution in [3.63, 3.8) is 0 Å². The summed E-state index contributed by atoms with van der Waals surface area (Å²) in [5.74, 6) is 0.422. The van der Waals surface area contributed by atoms with Crippen molar-refractivity contribution < 1.29 is 9.18 Å². The maximum Gasteiger partial charge on any atom is 0.273 e. The summed E-state index contributed by atoms with van der Waals surface area (Å²) in [6, 6.07) is 1.44. The smallest absolute Gasteiger partial charge is 0.273 e. The summed E-state index contributed by atoms with van der Waals surface area (Å²) in [5.41, 5.74) is 0.462. The van der Waals surface area contributed by atoms with Crippen LogP contribution in [0.25, 0.3) is 0 Å². The molecule has 0 saturated carbocycles. The number of anilines is 1. The lowest BCUT2D eigenvalue weighted by molar-refractivity contribution is 0.0759. The van der Waals surface area contributed by atoms with E-state index in [9.17, 15) is 9.18 Å². The SMILES string of the molecule is CN(CC1CCN(c2ncc(Br)cc2F)CC1)C(=O)c1cn(C)cn1. The van der Waals surface area contributed by atoms with Crippen LogP contribution >= 0.6 is 15.9 Å². The molecule has 2 aromatic rings. The molecule has 134 valence electrons. The number of hydrogen-bond donors (Lipinski definition) is 0. The zero-order chi connectivity index (χ0) is 18.0. The fourth-order valence-corrected chi connectivity index (χ4v) is 3.46. The second-order valence-corrected chi connectivity index (χ2v) is 7.42. The van der Waals surface area contributed by atoms with Gasteiger partial charge in [-0.15, -0.1) is 0 Å². The lowest BCUT2D eigenvalue weighted by Gasteiger charge is -2.34. The maximum atomic E-state index is 14.0. The highest BCUT2D eigenvalue weighted by atomic mass is 79.9. The van der Waals surface area contributed by atoms with Crippen LogP contribution in [-0.4, -0.2) is 52.0 Å². The van der Waals surface area contributed by atoms with E-state index in [-0.39, 0.29) is 11.7 Å². The zero-order valence-corrected chi connectivity index (χ0v) is 15.9. The normalized spacial score (nSPS) is 15.4. The predicted octanol–water partition coefficient (Wildman–Crippen LogP) is 2.71. The van der Waals surface area contributed by atoms with Gasteiger partial charge in [-0.3, -0.25) is 4.79 Å². The first-order valence-electron chi connectivity index (χ1n) is 8.23. The van der Waals surface area contributed by atoms with Crippen LogP contribution in [0.15, 0.2) is 29.3 Å². The van der Waals surface area contributed by atoms with Crippen molar-refractivity contribution in [3.8, 4) is 0 Å². The summed E-state index contributed by atoms with van der Waals surface area (Å²) in [7, 11) is 3.65. The fraction of sp³-hybridized carbons (Fsp3) is 0.471. The maximum absolute atomic E-state index is 14.0. The van der Waals surface area contributed by atoms with Crippen molar-refractivity contribution in [2.45, 2.75) is 12.8 Å². The Morgan fingerprint density at radius 3 is 2.72 bits per heavy atom. The molecule has 0 spiro atoms. The number of amides is 1. The van der Waals surface area contributed by atoms with Gasteiger partial charge in [0.15, 0.2) is 11.6 Å². The summed E-state index contributed by atoms with van der Waals surface area (Å²) in [4.78, 5) is 24.4. The van der Waals surface area contributed by atoms with E-state index in [4.69, 9.17) is 0 Å². The van der Waals surface area contributed by atoms with Gasteiger partial charge in [0.05, 0.1) is 6.33 Å². The number of imidazole rings is 1. The summed E-state index contributed by atoms with van der Waals surface area (Å²) in [6.07, 6.45) is 6.76. The highest BCUT2D eigenvalue weighted by Gasteiger charge is 2.25. The molecule has 2 aromatic heterocycles. The topological polar surface area (TPSA) is 54.3 Å². The molecule has 8 heteroatoms. The minimum Gasteiger partial charge on any atom is -0.354 e. The molecule has 3 heterocycles. The molecule has 1 saturated heterocycles. The first-order chi connectivity index (χ1) is 11.9. The average molecular weight is 410 g/mol. The number of aromatic nitrogens is 3. The van der Waals surface area contributed by atoms with E-state index in [1.165, 1.54) is 6.07 Å². The number of carbonyl (C=O) groups excluding carboxylic acids is 1. The predicted molar refractivity (Wildman–Crippen MR) is 97.0 cm³/mol. The molecule has 0 unspecified atom stereocenters. The van der Waals surface area contributed by atoms with E-state index in [0.717, 1.165) is 25.9 Å². The van der Waals surface area contributed by atoms with Crippen LogP contribution in [0.4, 0.5) is 10.2 Å². The number of rotatable bonds is 4. The fourth-order valence-electron chi connectivity index (χ4n) is 3.16. The Kier molecular flexibility index (Phi) is 5.36. The summed E-state index contributed by atoms with van der Waals surface area (Å²) >= 11 is 3.23. The molecule has 0 atom stereocenters. The summed E-state index contributed by atoms with van der Waals surface area (Å²) in [6.45, 7) is 2.16. The Bertz CT molecular complexity index is 757. The average Bonchev–Trinajstić information content (AvgIpc) is 3.01. The van der Waals surface area contributed by atoms with Crippen molar-refractivity contribution in [2.24, 2.45) is 13.0 Å². The molecular formula is C17H21BrFN5O. The summed E-state index contributed by atoms with van der Waals surface area (Å²) < 4.78 is 16.4. The number of halogens is 2. The van der Waals surface area contributed by atoms with E-state index < -0.39 is 0 Å². The van der Waals surface area contributed by atoms with Crippen molar-refractivity contribution in [3.05, 3.63) is 40.8 Å². The molecule has 6 nitrogen and oxygen atoms in total. The number of aryl methyl sites for hydroxylation is 1. The van der Waals surface area contributed by atoms with Gasteiger partial charge in [-0.05, 0) is 40.8 Å². The molecule has 3 rings (SSSR count). The number of carbonyl (C=O) groups is 1. The van der Waals surface area contributed by atoms with Gasteiger partial charge >= 0.3 is 0 Å². The highest BCUT2D eigenvalue weighted by Crippen LogP contribution is 2.26. The van der Waals surface area contributed by atoms with E-state index in [1.54, 1.807) is 35.2 Å². The van der Waals surface area contributed by atoms with Gasteiger partial charge in [0.2, 0.25) is 0 Å². The molecular weight excluding hydrogens is 389 g/mol. The van der Waals surface area contributed by atoms with Crippen LogP contribution in [0.3, 0.4) is 0 Å². The minimum atomic E-state index is -0.310. The van der Waals surface area contributed by atoms with Crippen LogP contribution < -0.4 is 4.90 Å². The number of piperidine rings is 1. The first-order valence-corrected chi connectivity index (χ1v) is 9.02. The second kappa shape index (κ2) is 7.51. The van der Waals surface area contributed by atoms with Gasteiger partial charge in [0, 0.05) is 50.6 Å². The van der Waals surface area contributed by atoms with Gasteiger partial charge in [0.1, 0.15) is 5.69 Å². The summed E-state index contributed by atoms with van der Waals surface area (Å²) in [5, 5.41) is 0. The number of hydrogen-bond acceptors (Lipinski definition) is 4. The lowest BCUT2D eigenvalue weighted by atomic mass is 9.96. The number of pyridine rings is 1. The minimum absolute atomic E-state index is 0.0661. The van der Waals surface area contributed by atoms with Crippen LogP contribution in [0.1, 0.15) is 23.3 Å². The Balaban J connectivity index is 1.54. The Hall–Kier alpha value is -1.96. The Morgan fingerprint density at radius 2 is 2.12 bits per heavy atom. The second-order valence-electron chi connectivity index (χ2n) is 6.50. The third kappa shape index (κ3) is 4.18. The first kappa shape index (κ1) is 17.8. The molecule has 1 fully saturated rings. The third-order valence-corrected chi connectivity index (χ3v) is 4.94. The standard InChI is InChI=1S/C17H21BrFN5O/c1-22-10-15(21-11-22)17(25)23(2)9-12-3-5-24(6-4-12)16-14(19)7-13(18)8-20-16/h7-8,10-12H,3-6,9H2,1-2H3. The van der Waals surface area contributed by atoms with Gasteiger partial charge in [-0.25, -0.2) is 14.4 Å². The van der Waals surface area contributed by atoms with E-state index in [0.29, 0.717) is 28.4 Å². The quantitative estimate of drug-likeness (QED) is 0.778. The highest BCUT2D eigenvalue weighted by molar-refractivity contribution is 9.10. The van der Waals surface area contributed by atoms with Crippen LogP contribution in [-0.2, 0) is 7.05 Å². The molecule has 0 radical (unpaired) electrons. The molecule has 0 N–H and O–H groups in total. The van der Waals surface area contributed by atoms with Gasteiger partial charge < -0.3 is 14.4 Å². The Labute approximate surface area is 154 Å². The molecule has 0 aromatic carbocycles.